The van der Waals surface area contributed by atoms with Gasteiger partial charge in [0.05, 0.1) is 18.4 Å². The molecule has 0 bridgehead atoms. The van der Waals surface area contributed by atoms with E-state index in [0.717, 1.165) is 21.5 Å². The van der Waals surface area contributed by atoms with Crippen molar-refractivity contribution in [2.75, 3.05) is 12.4 Å². The molecule has 0 unspecified atom stereocenters. The summed E-state index contributed by atoms with van der Waals surface area (Å²) in [5, 5.41) is 16.1. The number of fused-ring (bicyclic) bond motifs is 2. The van der Waals surface area contributed by atoms with Crippen molar-refractivity contribution in [2.45, 2.75) is 0 Å². The maximum atomic E-state index is 12.1. The summed E-state index contributed by atoms with van der Waals surface area (Å²) in [7, 11) is 1.29. The molecule has 0 aliphatic heterocycles. The average Bonchev–Trinajstić information content (AvgIpc) is 2.72. The van der Waals surface area contributed by atoms with E-state index in [1.165, 1.54) is 7.11 Å². The molecule has 28 heavy (non-hydrogen) atoms. The first-order valence-electron chi connectivity index (χ1n) is 8.72. The lowest BCUT2D eigenvalue weighted by molar-refractivity contribution is 0.0698. The van der Waals surface area contributed by atoms with Crippen LogP contribution >= 0.6 is 0 Å². The summed E-state index contributed by atoms with van der Waals surface area (Å²) in [6.45, 7) is 0. The monoisotopic (exact) mass is 371 g/mol. The number of aromatic carboxylic acids is 1. The van der Waals surface area contributed by atoms with Crippen molar-refractivity contribution >= 4 is 39.3 Å². The van der Waals surface area contributed by atoms with E-state index in [4.69, 9.17) is 4.74 Å². The molecule has 4 aromatic rings. The number of carbonyl (C=O) groups is 2. The lowest BCUT2D eigenvalue weighted by Gasteiger charge is -2.18. The number of hydrogen-bond donors (Lipinski definition) is 2. The smallest absolute Gasteiger partial charge is 0.411 e. The van der Waals surface area contributed by atoms with E-state index in [1.807, 2.05) is 54.6 Å². The van der Waals surface area contributed by atoms with Crippen molar-refractivity contribution in [3.05, 3.63) is 78.4 Å². The Bertz CT molecular complexity index is 1230. The predicted molar refractivity (Wildman–Crippen MR) is 110 cm³/mol. The number of rotatable bonds is 3. The Morgan fingerprint density at radius 2 is 1.36 bits per heavy atom. The third-order valence-electron chi connectivity index (χ3n) is 4.76. The summed E-state index contributed by atoms with van der Waals surface area (Å²) in [6.07, 6.45) is -0.617. The number of carbonyl (C=O) groups excluding carboxylic acids is 1. The second-order valence-corrected chi connectivity index (χ2v) is 6.34. The van der Waals surface area contributed by atoms with Gasteiger partial charge in [0, 0.05) is 11.1 Å². The molecule has 0 spiro atoms. The molecular formula is C23H17NO4. The Morgan fingerprint density at radius 1 is 0.786 bits per heavy atom. The van der Waals surface area contributed by atoms with E-state index < -0.39 is 12.1 Å². The molecule has 1 amide bonds. The summed E-state index contributed by atoms with van der Waals surface area (Å²) in [5.41, 5.74) is 1.87. The molecule has 138 valence electrons. The quantitative estimate of drug-likeness (QED) is 0.496. The van der Waals surface area contributed by atoms with Gasteiger partial charge in [-0.1, -0.05) is 60.7 Å². The Labute approximate surface area is 161 Å². The summed E-state index contributed by atoms with van der Waals surface area (Å²) in [6, 6.07) is 22.3. The molecule has 5 nitrogen and oxygen atoms in total. The fraction of sp³-hybridized carbons (Fsp3) is 0.0435. The fourth-order valence-corrected chi connectivity index (χ4v) is 3.53. The first-order chi connectivity index (χ1) is 13.6. The van der Waals surface area contributed by atoms with Crippen LogP contribution in [0.5, 0.6) is 0 Å². The number of nitrogens with one attached hydrogen (secondary N) is 1. The van der Waals surface area contributed by atoms with Gasteiger partial charge < -0.3 is 9.84 Å². The highest BCUT2D eigenvalue weighted by molar-refractivity contribution is 6.16. The molecular weight excluding hydrogens is 354 g/mol. The van der Waals surface area contributed by atoms with E-state index in [1.54, 1.807) is 18.2 Å². The molecule has 0 radical (unpaired) electrons. The normalized spacial score (nSPS) is 10.8. The van der Waals surface area contributed by atoms with Gasteiger partial charge in [-0.05, 0) is 33.7 Å². The topological polar surface area (TPSA) is 75.6 Å². The number of methoxy groups -OCH3 is 1. The Morgan fingerprint density at radius 3 is 1.96 bits per heavy atom. The molecule has 0 atom stereocenters. The van der Waals surface area contributed by atoms with Gasteiger partial charge in [0.1, 0.15) is 0 Å². The van der Waals surface area contributed by atoms with Crippen LogP contribution in [0.25, 0.3) is 32.7 Å². The first-order valence-corrected chi connectivity index (χ1v) is 8.72. The first kappa shape index (κ1) is 17.5. The molecule has 0 fully saturated rings. The summed E-state index contributed by atoms with van der Waals surface area (Å²) in [5.74, 6) is -1.03. The second kappa shape index (κ2) is 7.04. The number of carboxylic acid groups (broad SMARTS) is 1. The Hall–Kier alpha value is -3.86. The third kappa shape index (κ3) is 2.93. The van der Waals surface area contributed by atoms with Gasteiger partial charge in [-0.15, -0.1) is 0 Å². The maximum absolute atomic E-state index is 12.1. The maximum Gasteiger partial charge on any atom is 0.411 e. The van der Waals surface area contributed by atoms with Crippen molar-refractivity contribution in [1.82, 2.24) is 0 Å². The Kier molecular flexibility index (Phi) is 4.41. The van der Waals surface area contributed by atoms with Gasteiger partial charge in [0.15, 0.2) is 0 Å². The molecule has 0 heterocycles. The summed E-state index contributed by atoms with van der Waals surface area (Å²) in [4.78, 5) is 24.0. The van der Waals surface area contributed by atoms with Crippen LogP contribution in [0.3, 0.4) is 0 Å². The number of hydrogen-bond acceptors (Lipinski definition) is 3. The van der Waals surface area contributed by atoms with Crippen LogP contribution in [0.1, 0.15) is 10.4 Å². The highest BCUT2D eigenvalue weighted by Crippen LogP contribution is 2.41. The zero-order valence-electron chi connectivity index (χ0n) is 15.1. The van der Waals surface area contributed by atoms with Crippen LogP contribution in [0.15, 0.2) is 72.8 Å². The highest BCUT2D eigenvalue weighted by atomic mass is 16.5. The van der Waals surface area contributed by atoms with Gasteiger partial charge in [-0.2, -0.15) is 0 Å². The predicted octanol–water partition coefficient (Wildman–Crippen LogP) is 5.54. The van der Waals surface area contributed by atoms with Crippen LogP contribution in [-0.2, 0) is 4.74 Å². The molecule has 0 saturated carbocycles. The largest absolute Gasteiger partial charge is 0.478 e. The molecule has 4 rings (SSSR count). The van der Waals surface area contributed by atoms with E-state index in [2.05, 4.69) is 5.32 Å². The molecule has 0 aliphatic carbocycles. The van der Waals surface area contributed by atoms with E-state index in [-0.39, 0.29) is 5.56 Å². The lowest BCUT2D eigenvalue weighted by atomic mass is 9.89. The van der Waals surface area contributed by atoms with Crippen LogP contribution in [-0.4, -0.2) is 24.3 Å². The number of carboxylic acids is 1. The minimum atomic E-state index is -1.03. The van der Waals surface area contributed by atoms with Crippen molar-refractivity contribution in [3.8, 4) is 11.1 Å². The number of amides is 1. The van der Waals surface area contributed by atoms with E-state index in [9.17, 15) is 14.7 Å². The minimum absolute atomic E-state index is 0.169. The van der Waals surface area contributed by atoms with E-state index >= 15 is 0 Å². The number of ether oxygens (including phenoxy) is 1. The molecule has 4 aromatic carbocycles. The zero-order chi connectivity index (χ0) is 19.7. The van der Waals surface area contributed by atoms with Crippen LogP contribution in [0.4, 0.5) is 10.5 Å². The van der Waals surface area contributed by atoms with Crippen LogP contribution < -0.4 is 5.32 Å². The molecule has 0 aliphatic rings. The molecule has 0 aromatic heterocycles. The number of benzene rings is 4. The SMILES string of the molecule is COC(=O)Nc1ccc2ccccc2c1-c1c(C(=O)O)ccc2ccccc12. The molecule has 2 N–H and O–H groups in total. The van der Waals surface area contributed by atoms with Crippen LogP contribution in [0, 0.1) is 0 Å². The molecule has 5 heteroatoms. The summed E-state index contributed by atoms with van der Waals surface area (Å²) >= 11 is 0. The average molecular weight is 371 g/mol. The van der Waals surface area contributed by atoms with Gasteiger partial charge in [0.25, 0.3) is 0 Å². The van der Waals surface area contributed by atoms with Gasteiger partial charge in [-0.25, -0.2) is 9.59 Å². The van der Waals surface area contributed by atoms with Gasteiger partial charge >= 0.3 is 12.1 Å². The fourth-order valence-electron chi connectivity index (χ4n) is 3.53. The standard InChI is InChI=1S/C23H17NO4/c1-28-23(27)24-19-13-11-15-7-3-5-9-17(15)21(19)20-16-8-4-2-6-14(16)10-12-18(20)22(25)26/h2-13H,1H3,(H,24,27)(H,25,26). The highest BCUT2D eigenvalue weighted by Gasteiger charge is 2.21. The second-order valence-electron chi connectivity index (χ2n) is 6.34. The minimum Gasteiger partial charge on any atom is -0.478 e. The Balaban J connectivity index is 2.17. The van der Waals surface area contributed by atoms with Crippen molar-refractivity contribution in [1.29, 1.82) is 0 Å². The van der Waals surface area contributed by atoms with Crippen molar-refractivity contribution in [2.24, 2.45) is 0 Å². The van der Waals surface area contributed by atoms with Gasteiger partial charge in [0.2, 0.25) is 0 Å². The third-order valence-corrected chi connectivity index (χ3v) is 4.76. The van der Waals surface area contributed by atoms with Gasteiger partial charge in [-0.3, -0.25) is 5.32 Å². The molecule has 0 saturated heterocycles. The van der Waals surface area contributed by atoms with Crippen LogP contribution in [0.2, 0.25) is 0 Å². The zero-order valence-corrected chi connectivity index (χ0v) is 15.1. The van der Waals surface area contributed by atoms with Crippen molar-refractivity contribution < 1.29 is 19.4 Å². The number of anilines is 1. The van der Waals surface area contributed by atoms with Crippen molar-refractivity contribution in [3.63, 3.8) is 0 Å². The lowest BCUT2D eigenvalue weighted by Crippen LogP contribution is -2.12. The summed E-state index contributed by atoms with van der Waals surface area (Å²) < 4.78 is 4.76. The van der Waals surface area contributed by atoms with E-state index in [0.29, 0.717) is 16.8 Å².